The number of aliphatic carboxylic acids is 1. The van der Waals surface area contributed by atoms with Gasteiger partial charge in [0.1, 0.15) is 16.8 Å². The van der Waals surface area contributed by atoms with E-state index in [1.807, 2.05) is 78.9 Å². The normalized spacial score (nSPS) is 12.9. The summed E-state index contributed by atoms with van der Waals surface area (Å²) in [6.07, 6.45) is 4.26. The molecule has 0 unspecified atom stereocenters. The highest BCUT2D eigenvalue weighted by atomic mass is 35.5. The third kappa shape index (κ3) is 8.89. The van der Waals surface area contributed by atoms with Crippen molar-refractivity contribution in [1.82, 2.24) is 15.3 Å². The highest BCUT2D eigenvalue weighted by molar-refractivity contribution is 6.30. The van der Waals surface area contributed by atoms with Gasteiger partial charge in [-0.1, -0.05) is 91.2 Å². The summed E-state index contributed by atoms with van der Waals surface area (Å²) in [6.45, 7) is 0.00635. The summed E-state index contributed by atoms with van der Waals surface area (Å²) in [6, 6.07) is 25.6. The van der Waals surface area contributed by atoms with E-state index in [0.717, 1.165) is 47.9 Å². The fourth-order valence-corrected chi connectivity index (χ4v) is 5.85. The van der Waals surface area contributed by atoms with Crippen LogP contribution in [0.15, 0.2) is 78.9 Å². The molecule has 3 N–H and O–H groups in total. The van der Waals surface area contributed by atoms with Crippen LogP contribution in [0.25, 0.3) is 11.1 Å². The summed E-state index contributed by atoms with van der Waals surface area (Å²) in [4.78, 5) is 47.8. The minimum atomic E-state index is -1.08. The number of likely N-dealkylation sites (N-methyl/N-ethyl adjacent to an activating group) is 1. The van der Waals surface area contributed by atoms with Crippen molar-refractivity contribution in [3.8, 4) is 11.1 Å². The third-order valence-corrected chi connectivity index (χ3v) is 8.08. The van der Waals surface area contributed by atoms with Crippen molar-refractivity contribution in [1.29, 1.82) is 0 Å². The largest absolute Gasteiger partial charge is 0.481 e. The van der Waals surface area contributed by atoms with Gasteiger partial charge < -0.3 is 20.6 Å². The average Bonchev–Trinajstić information content (AvgIpc) is 3.52. The minimum Gasteiger partial charge on any atom is -0.481 e. The van der Waals surface area contributed by atoms with Crippen molar-refractivity contribution < 1.29 is 19.5 Å². The fourth-order valence-electron chi connectivity index (χ4n) is 5.60. The van der Waals surface area contributed by atoms with Gasteiger partial charge in [-0.15, -0.1) is 0 Å². The van der Waals surface area contributed by atoms with Crippen molar-refractivity contribution in [3.05, 3.63) is 107 Å². The van der Waals surface area contributed by atoms with E-state index in [-0.39, 0.29) is 54.4 Å². The van der Waals surface area contributed by atoms with Gasteiger partial charge in [-0.2, -0.15) is 0 Å². The first-order chi connectivity index (χ1) is 21.7. The lowest BCUT2D eigenvalue weighted by atomic mass is 10.0. The zero-order valence-electron chi connectivity index (χ0n) is 25.1. The van der Waals surface area contributed by atoms with Crippen LogP contribution in [0.5, 0.6) is 0 Å². The van der Waals surface area contributed by atoms with E-state index in [1.54, 1.807) is 11.9 Å². The Balaban J connectivity index is 1.25. The monoisotopic (exact) mass is 625 g/mol. The van der Waals surface area contributed by atoms with Gasteiger partial charge >= 0.3 is 5.97 Å². The smallest absolute Gasteiger partial charge is 0.308 e. The zero-order chi connectivity index (χ0) is 31.8. The number of carbonyl (C=O) groups is 3. The average molecular weight is 626 g/mol. The molecule has 9 nitrogen and oxygen atoms in total. The van der Waals surface area contributed by atoms with Gasteiger partial charge in [0, 0.05) is 30.8 Å². The number of nitrogens with one attached hydrogen (secondary N) is 2. The first kappa shape index (κ1) is 31.7. The number of halogens is 1. The van der Waals surface area contributed by atoms with E-state index < -0.39 is 5.97 Å². The second-order valence-electron chi connectivity index (χ2n) is 11.4. The molecule has 4 aromatic rings. The lowest BCUT2D eigenvalue weighted by Gasteiger charge is -2.23. The summed E-state index contributed by atoms with van der Waals surface area (Å²) >= 11 is 6.49. The molecule has 0 saturated heterocycles. The van der Waals surface area contributed by atoms with Gasteiger partial charge in [-0.25, -0.2) is 9.97 Å². The molecule has 3 aromatic carbocycles. The Kier molecular flexibility index (Phi) is 10.4. The molecule has 1 aromatic heterocycles. The van der Waals surface area contributed by atoms with Gasteiger partial charge in [0.25, 0.3) is 0 Å². The number of benzene rings is 3. The number of hydrogen-bond acceptors (Lipinski definition) is 6. The van der Waals surface area contributed by atoms with Gasteiger partial charge in [0.15, 0.2) is 0 Å². The molecule has 0 spiro atoms. The number of carboxylic acids is 1. The Bertz CT molecular complexity index is 1660. The molecule has 45 heavy (non-hydrogen) atoms. The highest BCUT2D eigenvalue weighted by Crippen LogP contribution is 2.26. The molecule has 1 fully saturated rings. The number of aromatic nitrogens is 2. The van der Waals surface area contributed by atoms with Crippen molar-refractivity contribution in [2.75, 3.05) is 23.8 Å². The van der Waals surface area contributed by atoms with Crippen LogP contribution >= 0.6 is 11.6 Å². The number of rotatable bonds is 12. The Morgan fingerprint density at radius 3 is 2.29 bits per heavy atom. The first-order valence-corrected chi connectivity index (χ1v) is 15.4. The van der Waals surface area contributed by atoms with E-state index in [0.29, 0.717) is 17.3 Å². The highest BCUT2D eigenvalue weighted by Gasteiger charge is 2.23. The molecular formula is C35H36ClN5O4. The predicted octanol–water partition coefficient (Wildman–Crippen LogP) is 5.69. The summed E-state index contributed by atoms with van der Waals surface area (Å²) in [5, 5.41) is 15.5. The topological polar surface area (TPSA) is 125 Å². The second kappa shape index (κ2) is 14.8. The quantitative estimate of drug-likeness (QED) is 0.173. The maximum absolute atomic E-state index is 12.9. The lowest BCUT2D eigenvalue weighted by Crippen LogP contribution is -2.40. The molecule has 5 rings (SSSR count). The number of hydrogen-bond donors (Lipinski definition) is 3. The van der Waals surface area contributed by atoms with Gasteiger partial charge in [0.2, 0.25) is 11.8 Å². The molecule has 1 aliphatic rings. The van der Waals surface area contributed by atoms with Crippen LogP contribution in [-0.4, -0.2) is 52.5 Å². The van der Waals surface area contributed by atoms with Crippen molar-refractivity contribution in [2.24, 2.45) is 0 Å². The molecule has 0 bridgehead atoms. The molecule has 1 aliphatic carbocycles. The molecule has 232 valence electrons. The molecule has 1 saturated carbocycles. The fraction of sp³-hybridized carbons (Fsp3) is 0.286. The molecule has 0 atom stereocenters. The SMILES string of the molecule is CN(CC(=O)NC1CCCC1)c1nc(Cc2cccc(NC(=O)Cc3ccc(-c4ccccc4)cc3)c2)nc(Cl)c1CC(=O)O. The number of nitrogens with zero attached hydrogens (tertiary/aromatic N) is 3. The molecular weight excluding hydrogens is 590 g/mol. The van der Waals surface area contributed by atoms with Crippen LogP contribution in [0.1, 0.15) is 48.2 Å². The molecule has 10 heteroatoms. The van der Waals surface area contributed by atoms with E-state index >= 15 is 0 Å². The van der Waals surface area contributed by atoms with Crippen molar-refractivity contribution in [3.63, 3.8) is 0 Å². The third-order valence-electron chi connectivity index (χ3n) is 7.77. The van der Waals surface area contributed by atoms with E-state index in [4.69, 9.17) is 11.6 Å². The van der Waals surface area contributed by atoms with E-state index in [1.165, 1.54) is 0 Å². The van der Waals surface area contributed by atoms with Crippen molar-refractivity contribution in [2.45, 2.75) is 51.0 Å². The summed E-state index contributed by atoms with van der Waals surface area (Å²) in [7, 11) is 1.69. The summed E-state index contributed by atoms with van der Waals surface area (Å²) in [5.41, 5.74) is 4.83. The summed E-state index contributed by atoms with van der Waals surface area (Å²) < 4.78 is 0. The molecule has 1 heterocycles. The van der Waals surface area contributed by atoms with Crippen LogP contribution in [0, 0.1) is 0 Å². The molecule has 0 radical (unpaired) electrons. The minimum absolute atomic E-state index is 0.00635. The molecule has 2 amide bonds. The van der Waals surface area contributed by atoms with Gasteiger partial charge in [0.05, 0.1) is 19.4 Å². The van der Waals surface area contributed by atoms with Gasteiger partial charge in [-0.05, 0) is 47.2 Å². The zero-order valence-corrected chi connectivity index (χ0v) is 25.9. The van der Waals surface area contributed by atoms with Crippen molar-refractivity contribution >= 4 is 40.9 Å². The van der Waals surface area contributed by atoms with Crippen LogP contribution < -0.4 is 15.5 Å². The lowest BCUT2D eigenvalue weighted by molar-refractivity contribution is -0.136. The second-order valence-corrected chi connectivity index (χ2v) is 11.7. The van der Waals surface area contributed by atoms with Crippen LogP contribution in [0.4, 0.5) is 11.5 Å². The number of anilines is 2. The van der Waals surface area contributed by atoms with E-state index in [9.17, 15) is 19.5 Å². The standard InChI is InChI=1S/C35H36ClN5O4/c1-41(22-32(43)37-27-11-5-6-12-27)35-29(21-33(44)45)34(36)39-30(40-35)19-24-8-7-13-28(18-24)38-31(42)20-23-14-16-26(17-15-23)25-9-3-2-4-10-25/h2-4,7-10,13-18,27H,5-6,11-12,19-22H2,1H3,(H,37,43)(H,38,42)(H,44,45). The predicted molar refractivity (Wildman–Crippen MR) is 176 cm³/mol. The Labute approximate surface area is 267 Å². The number of carboxylic acid groups (broad SMARTS) is 1. The maximum atomic E-state index is 12.9. The van der Waals surface area contributed by atoms with Crippen LogP contribution in [-0.2, 0) is 33.6 Å². The Morgan fingerprint density at radius 2 is 1.58 bits per heavy atom. The Hall–Kier alpha value is -4.76. The Morgan fingerprint density at radius 1 is 0.867 bits per heavy atom. The van der Waals surface area contributed by atoms with Gasteiger partial charge in [-0.3, -0.25) is 14.4 Å². The van der Waals surface area contributed by atoms with E-state index in [2.05, 4.69) is 20.6 Å². The number of carbonyl (C=O) groups excluding carboxylic acids is 2. The first-order valence-electron chi connectivity index (χ1n) is 15.0. The number of amides is 2. The molecule has 0 aliphatic heterocycles. The maximum Gasteiger partial charge on any atom is 0.308 e. The van der Waals surface area contributed by atoms with Crippen LogP contribution in [0.3, 0.4) is 0 Å². The summed E-state index contributed by atoms with van der Waals surface area (Å²) in [5.74, 6) is -0.700. The van der Waals surface area contributed by atoms with Crippen LogP contribution in [0.2, 0.25) is 5.15 Å².